The highest BCUT2D eigenvalue weighted by Crippen LogP contribution is 2.29. The minimum absolute atomic E-state index is 0.0253. The third-order valence-corrected chi connectivity index (χ3v) is 3.23. The second kappa shape index (κ2) is 5.83. The summed E-state index contributed by atoms with van der Waals surface area (Å²) < 4.78 is 41.4. The first-order valence-electron chi connectivity index (χ1n) is 5.41. The molecule has 18 heavy (non-hydrogen) atoms. The molecule has 1 rings (SSSR count). The highest BCUT2D eigenvalue weighted by Gasteiger charge is 2.29. The molecule has 2 N–H and O–H groups in total. The van der Waals surface area contributed by atoms with Crippen LogP contribution in [0.5, 0.6) is 0 Å². The van der Waals surface area contributed by atoms with Crippen molar-refractivity contribution in [3.63, 3.8) is 0 Å². The van der Waals surface area contributed by atoms with Crippen LogP contribution in [0.25, 0.3) is 0 Å². The van der Waals surface area contributed by atoms with Crippen LogP contribution >= 0.6 is 0 Å². The minimum Gasteiger partial charge on any atom is -0.381 e. The first-order valence-corrected chi connectivity index (χ1v) is 6.22. The summed E-state index contributed by atoms with van der Waals surface area (Å²) in [5, 5.41) is 18.3. The van der Waals surface area contributed by atoms with Crippen molar-refractivity contribution in [2.24, 2.45) is 0 Å². The third-order valence-electron chi connectivity index (χ3n) is 2.58. The Balaban J connectivity index is 2.50. The van der Waals surface area contributed by atoms with Crippen LogP contribution in [-0.2, 0) is 17.0 Å². The number of aryl methyl sites for hydroxylation is 1. The Morgan fingerprint density at radius 2 is 1.67 bits per heavy atom. The lowest BCUT2D eigenvalue weighted by molar-refractivity contribution is -0.295. The van der Waals surface area contributed by atoms with Crippen molar-refractivity contribution in [3.8, 4) is 0 Å². The minimum atomic E-state index is -4.33. The van der Waals surface area contributed by atoms with Gasteiger partial charge in [-0.2, -0.15) is 13.2 Å². The number of benzene rings is 1. The van der Waals surface area contributed by atoms with Crippen molar-refractivity contribution in [1.29, 1.82) is 0 Å². The summed E-state index contributed by atoms with van der Waals surface area (Å²) in [5.41, 5.74) is 0.0277. The molecule has 3 nitrogen and oxygen atoms in total. The van der Waals surface area contributed by atoms with Gasteiger partial charge in [-0.25, -0.2) is 0 Å². The first-order chi connectivity index (χ1) is 8.24. The van der Waals surface area contributed by atoms with Gasteiger partial charge in [-0.1, -0.05) is 12.1 Å². The zero-order valence-corrected chi connectivity index (χ0v) is 11.9. The monoisotopic (exact) mass is 280 g/mol. The van der Waals surface area contributed by atoms with Gasteiger partial charge in [0.05, 0.1) is 5.56 Å². The lowest BCUT2D eigenvalue weighted by Gasteiger charge is -2.19. The maximum absolute atomic E-state index is 12.3. The summed E-state index contributed by atoms with van der Waals surface area (Å²) >= 11 is 0. The van der Waals surface area contributed by atoms with Gasteiger partial charge in [0.15, 0.2) is 10.5 Å². The lowest BCUT2D eigenvalue weighted by atomic mass is 10.1. The molecular formula is C11H15F3O3Si. The summed E-state index contributed by atoms with van der Waals surface area (Å²) in [6.07, 6.45) is -3.42. The van der Waals surface area contributed by atoms with Crippen LogP contribution in [0.1, 0.15) is 24.0 Å². The number of halogens is 3. The Labute approximate surface area is 106 Å². The zero-order chi connectivity index (χ0) is 13.8. The smallest absolute Gasteiger partial charge is 0.381 e. The molecular weight excluding hydrogens is 265 g/mol. The molecule has 0 amide bonds. The number of hydrogen-bond acceptors (Lipinski definition) is 3. The first kappa shape index (κ1) is 15.2. The highest BCUT2D eigenvalue weighted by molar-refractivity contribution is 5.98. The van der Waals surface area contributed by atoms with Crippen LogP contribution < -0.4 is 0 Å². The lowest BCUT2D eigenvalue weighted by Crippen LogP contribution is -2.30. The molecule has 0 unspecified atom stereocenters. The maximum Gasteiger partial charge on any atom is 0.416 e. The van der Waals surface area contributed by atoms with E-state index in [0.717, 1.165) is 12.1 Å². The predicted octanol–water partition coefficient (Wildman–Crippen LogP) is 0.963. The van der Waals surface area contributed by atoms with Crippen LogP contribution in [0.15, 0.2) is 24.3 Å². The second-order valence-electron chi connectivity index (χ2n) is 4.00. The van der Waals surface area contributed by atoms with Crippen LogP contribution in [0.4, 0.5) is 13.2 Å². The van der Waals surface area contributed by atoms with Gasteiger partial charge >= 0.3 is 6.18 Å². The molecule has 1 aromatic rings. The Kier molecular flexibility index (Phi) is 4.91. The second-order valence-corrected chi connectivity index (χ2v) is 4.40. The van der Waals surface area contributed by atoms with E-state index in [2.05, 4.69) is 4.43 Å². The SMILES string of the molecule is OC(O)(CCCc1ccc(C(F)(F)F)cc1)O[SiH3]. The van der Waals surface area contributed by atoms with E-state index >= 15 is 0 Å². The fraction of sp³-hybridized carbons (Fsp3) is 0.455. The van der Waals surface area contributed by atoms with E-state index in [4.69, 9.17) is 0 Å². The van der Waals surface area contributed by atoms with Crippen molar-refractivity contribution >= 4 is 10.5 Å². The van der Waals surface area contributed by atoms with Crippen molar-refractivity contribution in [1.82, 2.24) is 0 Å². The molecule has 0 aliphatic carbocycles. The topological polar surface area (TPSA) is 49.7 Å². The van der Waals surface area contributed by atoms with E-state index < -0.39 is 17.7 Å². The molecule has 1 aromatic carbocycles. The van der Waals surface area contributed by atoms with E-state index in [1.165, 1.54) is 12.1 Å². The normalized spacial score (nSPS) is 12.9. The summed E-state index contributed by atoms with van der Waals surface area (Å²) in [7, 11) is 0.203. The molecule has 0 spiro atoms. The van der Waals surface area contributed by atoms with E-state index in [1.54, 1.807) is 0 Å². The van der Waals surface area contributed by atoms with Crippen LogP contribution in [0.2, 0.25) is 0 Å². The molecule has 0 aliphatic rings. The molecule has 0 fully saturated rings. The van der Waals surface area contributed by atoms with E-state index in [9.17, 15) is 23.4 Å². The fourth-order valence-electron chi connectivity index (χ4n) is 1.49. The van der Waals surface area contributed by atoms with Gasteiger partial charge in [0, 0.05) is 6.42 Å². The quantitative estimate of drug-likeness (QED) is 0.624. The molecule has 7 heteroatoms. The highest BCUT2D eigenvalue weighted by atomic mass is 28.2. The zero-order valence-electron chi connectivity index (χ0n) is 9.87. The molecule has 0 aliphatic heterocycles. The Morgan fingerprint density at radius 3 is 2.11 bits per heavy atom. The number of hydrogen-bond donors (Lipinski definition) is 2. The summed E-state index contributed by atoms with van der Waals surface area (Å²) in [6.45, 7) is 0. The summed E-state index contributed by atoms with van der Waals surface area (Å²) in [4.78, 5) is 0. The van der Waals surface area contributed by atoms with E-state index in [-0.39, 0.29) is 16.9 Å². The van der Waals surface area contributed by atoms with Gasteiger partial charge in [0.1, 0.15) is 0 Å². The van der Waals surface area contributed by atoms with Gasteiger partial charge in [-0.05, 0) is 30.5 Å². The molecule has 0 radical (unpaired) electrons. The Hall–Kier alpha value is -0.893. The standard InChI is InChI=1S/C11H15F3O3Si/c12-11(13,14)9-5-3-8(4-6-9)2-1-7-10(15,16)17-18/h3-6,15-16H,1-2,7H2,18H3. The average molecular weight is 280 g/mol. The maximum atomic E-state index is 12.3. The van der Waals surface area contributed by atoms with Gasteiger partial charge in [-0.15, -0.1) is 0 Å². The van der Waals surface area contributed by atoms with E-state index in [1.807, 2.05) is 0 Å². The van der Waals surface area contributed by atoms with Gasteiger partial charge < -0.3 is 14.6 Å². The Bertz CT molecular complexity index is 376. The Morgan fingerprint density at radius 1 is 1.11 bits per heavy atom. The summed E-state index contributed by atoms with van der Waals surface area (Å²) in [5.74, 6) is -2.11. The van der Waals surface area contributed by atoms with Gasteiger partial charge in [-0.3, -0.25) is 0 Å². The van der Waals surface area contributed by atoms with Crippen molar-refractivity contribution < 1.29 is 27.8 Å². The van der Waals surface area contributed by atoms with Crippen LogP contribution in [-0.4, -0.2) is 26.7 Å². The molecule has 102 valence electrons. The van der Waals surface area contributed by atoms with Crippen molar-refractivity contribution in [2.45, 2.75) is 31.4 Å². The van der Waals surface area contributed by atoms with Crippen LogP contribution in [0, 0.1) is 0 Å². The largest absolute Gasteiger partial charge is 0.416 e. The fourth-order valence-corrected chi connectivity index (χ4v) is 1.69. The molecule has 0 atom stereocenters. The molecule has 0 aromatic heterocycles. The van der Waals surface area contributed by atoms with Crippen LogP contribution in [0.3, 0.4) is 0 Å². The number of alkyl halides is 3. The van der Waals surface area contributed by atoms with Gasteiger partial charge in [0.25, 0.3) is 5.97 Å². The van der Waals surface area contributed by atoms with Gasteiger partial charge in [0.2, 0.25) is 0 Å². The average Bonchev–Trinajstić information content (AvgIpc) is 2.28. The predicted molar refractivity (Wildman–Crippen MR) is 62.6 cm³/mol. The molecule has 0 bridgehead atoms. The molecule has 0 saturated heterocycles. The van der Waals surface area contributed by atoms with E-state index in [0.29, 0.717) is 18.4 Å². The molecule has 0 heterocycles. The third kappa shape index (κ3) is 4.77. The van der Waals surface area contributed by atoms with Crippen molar-refractivity contribution in [3.05, 3.63) is 35.4 Å². The number of rotatable bonds is 5. The number of aliphatic hydroxyl groups is 2. The molecule has 0 saturated carbocycles. The summed E-state index contributed by atoms with van der Waals surface area (Å²) in [6, 6.07) is 4.81. The van der Waals surface area contributed by atoms with Crippen molar-refractivity contribution in [2.75, 3.05) is 0 Å².